The highest BCUT2D eigenvalue weighted by molar-refractivity contribution is 7.92. The lowest BCUT2D eigenvalue weighted by Crippen LogP contribution is -2.28. The van der Waals surface area contributed by atoms with Crippen molar-refractivity contribution in [2.45, 2.75) is 0 Å². The molecule has 1 fully saturated rings. The van der Waals surface area contributed by atoms with E-state index < -0.39 is 9.84 Å². The molecule has 0 unspecified atom stereocenters. The summed E-state index contributed by atoms with van der Waals surface area (Å²) < 4.78 is 25.4. The Morgan fingerprint density at radius 2 is 1.00 bits per heavy atom. The molecule has 1 heterocycles. The van der Waals surface area contributed by atoms with Gasteiger partial charge in [0.1, 0.15) is 0 Å². The Morgan fingerprint density at radius 3 is 1.48 bits per heavy atom. The number of hydrogen-bond donors (Lipinski definition) is 0. The van der Waals surface area contributed by atoms with Gasteiger partial charge in [-0.15, -0.1) is 0 Å². The summed E-state index contributed by atoms with van der Waals surface area (Å²) in [6.45, 7) is 0. The van der Waals surface area contributed by atoms with Crippen LogP contribution >= 0.6 is 0 Å². The Hall–Kier alpha value is -3.50. The molecule has 1 aliphatic heterocycles. The predicted molar refractivity (Wildman–Crippen MR) is 128 cm³/mol. The SMILES string of the molecule is O=C1C(=Cc2cccc3ccccc23)CS(=O)(=O)CC1=Cc1cccc2ccccc12. The standard InChI is InChI=1S/C27H20O3S/c28-27-23(15-21-11-5-9-19-7-1-3-13-25(19)21)17-31(29,30)18-24(27)16-22-12-6-10-20-8-2-4-14-26(20)22/h1-16H,17-18H2. The number of carbonyl (C=O) groups excluding carboxylic acids is 1. The van der Waals surface area contributed by atoms with E-state index in [1.807, 2.05) is 84.9 Å². The molecule has 4 aromatic rings. The first kappa shape index (κ1) is 19.5. The molecule has 0 saturated carbocycles. The molecular formula is C27H20O3S. The molecule has 0 N–H and O–H groups in total. The first-order valence-electron chi connectivity index (χ1n) is 10.1. The van der Waals surface area contributed by atoms with Gasteiger partial charge in [-0.3, -0.25) is 4.79 Å². The van der Waals surface area contributed by atoms with Crippen molar-refractivity contribution < 1.29 is 13.2 Å². The topological polar surface area (TPSA) is 51.2 Å². The maximum Gasteiger partial charge on any atom is 0.187 e. The summed E-state index contributed by atoms with van der Waals surface area (Å²) in [6.07, 6.45) is 3.47. The number of sulfone groups is 1. The van der Waals surface area contributed by atoms with Crippen LogP contribution in [0.25, 0.3) is 33.7 Å². The minimum absolute atomic E-state index is 0.198. The second kappa shape index (κ2) is 7.64. The third-order valence-corrected chi connectivity index (χ3v) is 7.14. The molecule has 31 heavy (non-hydrogen) atoms. The summed E-state index contributed by atoms with van der Waals surface area (Å²) in [4.78, 5) is 13.3. The third kappa shape index (κ3) is 3.82. The van der Waals surface area contributed by atoms with Crippen molar-refractivity contribution >= 4 is 49.3 Å². The van der Waals surface area contributed by atoms with E-state index >= 15 is 0 Å². The van der Waals surface area contributed by atoms with Crippen LogP contribution in [0, 0.1) is 0 Å². The predicted octanol–water partition coefficient (Wildman–Crippen LogP) is 5.46. The molecule has 0 bridgehead atoms. The average Bonchev–Trinajstić information content (AvgIpc) is 2.77. The third-order valence-electron chi connectivity index (χ3n) is 5.64. The highest BCUT2D eigenvalue weighted by Gasteiger charge is 2.30. The molecule has 5 rings (SSSR count). The maximum atomic E-state index is 13.3. The number of hydrogen-bond acceptors (Lipinski definition) is 3. The number of carbonyl (C=O) groups is 1. The van der Waals surface area contributed by atoms with Gasteiger partial charge in [0.2, 0.25) is 0 Å². The average molecular weight is 425 g/mol. The number of fused-ring (bicyclic) bond motifs is 2. The molecule has 1 saturated heterocycles. The van der Waals surface area contributed by atoms with Crippen molar-refractivity contribution in [1.29, 1.82) is 0 Å². The second-order valence-electron chi connectivity index (χ2n) is 7.84. The van der Waals surface area contributed by atoms with Crippen molar-refractivity contribution in [3.05, 3.63) is 107 Å². The molecule has 0 aliphatic carbocycles. The minimum Gasteiger partial charge on any atom is -0.289 e. The second-order valence-corrected chi connectivity index (χ2v) is 9.90. The van der Waals surface area contributed by atoms with Crippen LogP contribution in [-0.2, 0) is 14.6 Å². The Morgan fingerprint density at radius 1 is 0.581 bits per heavy atom. The molecule has 0 amide bonds. The lowest BCUT2D eigenvalue weighted by atomic mass is 9.97. The van der Waals surface area contributed by atoms with Gasteiger partial charge in [-0.05, 0) is 44.8 Å². The van der Waals surface area contributed by atoms with Crippen LogP contribution in [0.1, 0.15) is 11.1 Å². The molecule has 0 aromatic heterocycles. The summed E-state index contributed by atoms with van der Waals surface area (Å²) in [5, 5.41) is 4.09. The van der Waals surface area contributed by atoms with Crippen molar-refractivity contribution in [3.8, 4) is 0 Å². The molecule has 1 aliphatic rings. The van der Waals surface area contributed by atoms with Gasteiger partial charge in [-0.2, -0.15) is 0 Å². The van der Waals surface area contributed by atoms with Gasteiger partial charge in [-0.1, -0.05) is 84.9 Å². The summed E-state index contributed by atoms with van der Waals surface area (Å²) >= 11 is 0. The van der Waals surface area contributed by atoms with Gasteiger partial charge < -0.3 is 0 Å². The summed E-state index contributed by atoms with van der Waals surface area (Å²) in [5.74, 6) is -0.667. The number of benzene rings is 4. The van der Waals surface area contributed by atoms with Crippen LogP contribution < -0.4 is 0 Å². The van der Waals surface area contributed by atoms with Crippen LogP contribution in [0.3, 0.4) is 0 Å². The van der Waals surface area contributed by atoms with Crippen LogP contribution in [-0.4, -0.2) is 25.7 Å². The minimum atomic E-state index is -3.42. The van der Waals surface area contributed by atoms with E-state index in [4.69, 9.17) is 0 Å². The van der Waals surface area contributed by atoms with E-state index in [1.165, 1.54) is 0 Å². The lowest BCUT2D eigenvalue weighted by Gasteiger charge is -2.18. The fourth-order valence-electron chi connectivity index (χ4n) is 4.20. The van der Waals surface area contributed by atoms with E-state index in [9.17, 15) is 13.2 Å². The van der Waals surface area contributed by atoms with E-state index in [-0.39, 0.29) is 17.3 Å². The molecule has 0 radical (unpaired) electrons. The highest BCUT2D eigenvalue weighted by atomic mass is 32.2. The van der Waals surface area contributed by atoms with E-state index in [0.717, 1.165) is 32.7 Å². The quantitative estimate of drug-likeness (QED) is 0.402. The summed E-state index contributed by atoms with van der Waals surface area (Å²) in [6, 6.07) is 27.4. The smallest absolute Gasteiger partial charge is 0.187 e. The molecule has 0 atom stereocenters. The Labute approximate surface area is 181 Å². The van der Waals surface area contributed by atoms with Gasteiger partial charge >= 0.3 is 0 Å². The van der Waals surface area contributed by atoms with Crippen molar-refractivity contribution in [2.24, 2.45) is 0 Å². The maximum absolute atomic E-state index is 13.3. The van der Waals surface area contributed by atoms with Gasteiger partial charge in [-0.25, -0.2) is 8.42 Å². The summed E-state index contributed by atoms with van der Waals surface area (Å²) in [7, 11) is -3.42. The molecule has 4 aromatic carbocycles. The van der Waals surface area contributed by atoms with Gasteiger partial charge in [0, 0.05) is 11.1 Å². The zero-order valence-electron chi connectivity index (χ0n) is 16.8. The first-order valence-corrected chi connectivity index (χ1v) is 11.9. The normalized spacial score (nSPS) is 18.8. The Bertz CT molecular complexity index is 1390. The van der Waals surface area contributed by atoms with Crippen LogP contribution in [0.4, 0.5) is 0 Å². The largest absolute Gasteiger partial charge is 0.289 e. The monoisotopic (exact) mass is 424 g/mol. The first-order chi connectivity index (χ1) is 15.0. The van der Waals surface area contributed by atoms with E-state index in [1.54, 1.807) is 12.2 Å². The molecule has 3 nitrogen and oxygen atoms in total. The zero-order chi connectivity index (χ0) is 21.4. The van der Waals surface area contributed by atoms with Crippen molar-refractivity contribution in [2.75, 3.05) is 11.5 Å². The molecule has 152 valence electrons. The van der Waals surface area contributed by atoms with Gasteiger partial charge in [0.25, 0.3) is 0 Å². The molecule has 4 heteroatoms. The molecular weight excluding hydrogens is 404 g/mol. The summed E-state index contributed by atoms with van der Waals surface area (Å²) in [5.41, 5.74) is 2.33. The van der Waals surface area contributed by atoms with Gasteiger partial charge in [0.05, 0.1) is 11.5 Å². The Kier molecular flexibility index (Phi) is 4.79. The van der Waals surface area contributed by atoms with Crippen molar-refractivity contribution in [3.63, 3.8) is 0 Å². The van der Waals surface area contributed by atoms with Crippen molar-refractivity contribution in [1.82, 2.24) is 0 Å². The van der Waals surface area contributed by atoms with Crippen LogP contribution in [0.2, 0.25) is 0 Å². The molecule has 0 spiro atoms. The van der Waals surface area contributed by atoms with E-state index in [0.29, 0.717) is 11.1 Å². The fraction of sp³-hybridized carbons (Fsp3) is 0.0741. The number of Topliss-reactive ketones (excluding diaryl/α,β-unsaturated/α-hetero) is 1. The lowest BCUT2D eigenvalue weighted by molar-refractivity contribution is -0.112. The fourth-order valence-corrected chi connectivity index (χ4v) is 5.68. The number of ketones is 1. The van der Waals surface area contributed by atoms with Crippen LogP contribution in [0.5, 0.6) is 0 Å². The van der Waals surface area contributed by atoms with Gasteiger partial charge in [0.15, 0.2) is 15.6 Å². The van der Waals surface area contributed by atoms with Crippen LogP contribution in [0.15, 0.2) is 96.1 Å². The highest BCUT2D eigenvalue weighted by Crippen LogP contribution is 2.28. The zero-order valence-corrected chi connectivity index (χ0v) is 17.6. The number of rotatable bonds is 2. The van der Waals surface area contributed by atoms with E-state index in [2.05, 4.69) is 0 Å². The Balaban J connectivity index is 1.63.